The molecule has 0 amide bonds. The second-order valence-corrected chi connectivity index (χ2v) is 10.1. The van der Waals surface area contributed by atoms with E-state index < -0.39 is 9.84 Å². The van der Waals surface area contributed by atoms with E-state index in [1.807, 2.05) is 0 Å². The Kier molecular flexibility index (Phi) is 7.36. The van der Waals surface area contributed by atoms with Crippen LogP contribution in [0, 0.1) is 10.8 Å². The Morgan fingerprint density at radius 2 is 1.87 bits per heavy atom. The molecule has 0 spiro atoms. The molecular weight excluding hydrogens is 310 g/mol. The first-order chi connectivity index (χ1) is 10.6. The molecule has 0 bridgehead atoms. The highest BCUT2D eigenvalue weighted by atomic mass is 32.2. The minimum absolute atomic E-state index is 0.0815. The van der Waals surface area contributed by atoms with E-state index >= 15 is 0 Å². The van der Waals surface area contributed by atoms with Gasteiger partial charge >= 0.3 is 0 Å². The van der Waals surface area contributed by atoms with Crippen molar-refractivity contribution in [2.45, 2.75) is 59.3 Å². The molecule has 1 rings (SSSR count). The van der Waals surface area contributed by atoms with E-state index in [0.717, 1.165) is 25.3 Å². The van der Waals surface area contributed by atoms with Crippen molar-refractivity contribution in [3.63, 3.8) is 0 Å². The first-order valence-corrected chi connectivity index (χ1v) is 10.8. The predicted molar refractivity (Wildman–Crippen MR) is 98.7 cm³/mol. The van der Waals surface area contributed by atoms with Crippen LogP contribution in [0.4, 0.5) is 0 Å². The molecule has 1 aliphatic rings. The molecule has 0 atom stereocenters. The SMILES string of the molecule is CCCCCC(C)(C)CNC(=NC)NCC1(CS(C)(=O)=O)CC1. The summed E-state index contributed by atoms with van der Waals surface area (Å²) in [5.41, 5.74) is 0.151. The van der Waals surface area contributed by atoms with Crippen molar-refractivity contribution in [2.75, 3.05) is 32.1 Å². The molecule has 0 radical (unpaired) electrons. The van der Waals surface area contributed by atoms with Gasteiger partial charge in [0.25, 0.3) is 0 Å². The average molecular weight is 346 g/mol. The van der Waals surface area contributed by atoms with E-state index in [1.54, 1.807) is 7.05 Å². The molecule has 0 aromatic carbocycles. The van der Waals surface area contributed by atoms with Crippen LogP contribution in [0.2, 0.25) is 0 Å². The number of nitrogens with one attached hydrogen (secondary N) is 2. The number of aliphatic imine (C=N–C) groups is 1. The van der Waals surface area contributed by atoms with Gasteiger partial charge in [-0.3, -0.25) is 4.99 Å². The van der Waals surface area contributed by atoms with Crippen molar-refractivity contribution in [1.29, 1.82) is 0 Å². The smallest absolute Gasteiger partial charge is 0.191 e. The van der Waals surface area contributed by atoms with E-state index in [1.165, 1.54) is 31.9 Å². The van der Waals surface area contributed by atoms with Crippen LogP contribution in [0.5, 0.6) is 0 Å². The van der Waals surface area contributed by atoms with Crippen LogP contribution >= 0.6 is 0 Å². The lowest BCUT2D eigenvalue weighted by atomic mass is 9.87. The molecule has 0 aromatic heterocycles. The van der Waals surface area contributed by atoms with Gasteiger partial charge in [-0.15, -0.1) is 0 Å². The van der Waals surface area contributed by atoms with E-state index in [-0.39, 0.29) is 16.6 Å². The summed E-state index contributed by atoms with van der Waals surface area (Å²) in [4.78, 5) is 4.26. The number of nitrogens with zero attached hydrogens (tertiary/aromatic N) is 1. The minimum atomic E-state index is -2.92. The fourth-order valence-electron chi connectivity index (χ4n) is 2.86. The van der Waals surface area contributed by atoms with Crippen LogP contribution in [0.25, 0.3) is 0 Å². The van der Waals surface area contributed by atoms with E-state index in [0.29, 0.717) is 6.54 Å². The van der Waals surface area contributed by atoms with Gasteiger partial charge in [-0.2, -0.15) is 0 Å². The van der Waals surface area contributed by atoms with Crippen molar-refractivity contribution in [3.05, 3.63) is 0 Å². The normalized spacial score (nSPS) is 17.9. The Bertz CT molecular complexity index is 494. The fourth-order valence-corrected chi connectivity index (χ4v) is 4.36. The summed E-state index contributed by atoms with van der Waals surface area (Å²) in [6.07, 6.45) is 8.26. The average Bonchev–Trinajstić information content (AvgIpc) is 3.16. The highest BCUT2D eigenvalue weighted by molar-refractivity contribution is 7.90. The van der Waals surface area contributed by atoms with Crippen molar-refractivity contribution < 1.29 is 8.42 Å². The Hall–Kier alpha value is -0.780. The molecule has 1 fully saturated rings. The molecule has 0 heterocycles. The third kappa shape index (κ3) is 8.58. The summed E-state index contributed by atoms with van der Waals surface area (Å²) in [6, 6.07) is 0. The molecule has 1 saturated carbocycles. The van der Waals surface area contributed by atoms with Crippen LogP contribution in [-0.4, -0.2) is 46.5 Å². The second kappa shape index (κ2) is 8.36. The van der Waals surface area contributed by atoms with Gasteiger partial charge in [0, 0.05) is 31.8 Å². The van der Waals surface area contributed by atoms with Crippen molar-refractivity contribution >= 4 is 15.8 Å². The molecule has 0 saturated heterocycles. The van der Waals surface area contributed by atoms with E-state index in [2.05, 4.69) is 36.4 Å². The molecule has 136 valence electrons. The summed E-state index contributed by atoms with van der Waals surface area (Å²) in [6.45, 7) is 8.32. The first-order valence-electron chi connectivity index (χ1n) is 8.74. The van der Waals surface area contributed by atoms with Gasteiger partial charge in [0.1, 0.15) is 9.84 Å². The summed E-state index contributed by atoms with van der Waals surface area (Å²) in [7, 11) is -1.16. The fraction of sp³-hybridized carbons (Fsp3) is 0.941. The van der Waals surface area contributed by atoms with Crippen LogP contribution in [0.1, 0.15) is 59.3 Å². The Morgan fingerprint density at radius 1 is 1.22 bits per heavy atom. The summed E-state index contributed by atoms with van der Waals surface area (Å²) in [5, 5.41) is 6.70. The molecule has 23 heavy (non-hydrogen) atoms. The van der Waals surface area contributed by atoms with Crippen LogP contribution < -0.4 is 10.6 Å². The third-order valence-corrected chi connectivity index (χ3v) is 5.71. The Labute approximate surface area is 142 Å². The van der Waals surface area contributed by atoms with Crippen molar-refractivity contribution in [2.24, 2.45) is 15.8 Å². The molecule has 2 N–H and O–H groups in total. The van der Waals surface area contributed by atoms with Gasteiger partial charge in [0.2, 0.25) is 0 Å². The van der Waals surface area contributed by atoms with Gasteiger partial charge < -0.3 is 10.6 Å². The number of hydrogen-bond acceptors (Lipinski definition) is 3. The molecule has 1 aliphatic carbocycles. The summed E-state index contributed by atoms with van der Waals surface area (Å²) >= 11 is 0. The summed E-state index contributed by atoms with van der Waals surface area (Å²) < 4.78 is 23.0. The monoisotopic (exact) mass is 345 g/mol. The number of rotatable bonds is 10. The quantitative estimate of drug-likeness (QED) is 0.363. The topological polar surface area (TPSA) is 70.6 Å². The number of guanidine groups is 1. The maximum absolute atomic E-state index is 11.5. The van der Waals surface area contributed by atoms with Gasteiger partial charge in [-0.1, -0.05) is 40.0 Å². The number of unbranched alkanes of at least 4 members (excludes halogenated alkanes) is 2. The Balaban J connectivity index is 2.38. The lowest BCUT2D eigenvalue weighted by Gasteiger charge is -2.26. The highest BCUT2D eigenvalue weighted by Gasteiger charge is 2.45. The predicted octanol–water partition coefficient (Wildman–Crippen LogP) is 2.58. The molecule has 5 nitrogen and oxygen atoms in total. The van der Waals surface area contributed by atoms with Crippen LogP contribution in [-0.2, 0) is 9.84 Å². The molecule has 0 aliphatic heterocycles. The Morgan fingerprint density at radius 3 is 2.35 bits per heavy atom. The number of sulfone groups is 1. The molecule has 0 unspecified atom stereocenters. The zero-order valence-corrected chi connectivity index (χ0v) is 16.4. The van der Waals surface area contributed by atoms with Gasteiger partial charge in [0.15, 0.2) is 5.96 Å². The number of hydrogen-bond donors (Lipinski definition) is 2. The zero-order valence-electron chi connectivity index (χ0n) is 15.5. The zero-order chi connectivity index (χ0) is 17.6. The lowest BCUT2D eigenvalue weighted by Crippen LogP contribution is -2.44. The largest absolute Gasteiger partial charge is 0.356 e. The second-order valence-electron chi connectivity index (χ2n) is 7.97. The van der Waals surface area contributed by atoms with Crippen molar-refractivity contribution in [1.82, 2.24) is 10.6 Å². The standard InChI is InChI=1S/C17H35N3O2S/c1-6-7-8-9-16(2,3)12-19-15(18-4)20-13-17(10-11-17)14-23(5,21)22/h6-14H2,1-5H3,(H2,18,19,20). The highest BCUT2D eigenvalue weighted by Crippen LogP contribution is 2.45. The van der Waals surface area contributed by atoms with Gasteiger partial charge in [0.05, 0.1) is 5.75 Å². The van der Waals surface area contributed by atoms with Crippen molar-refractivity contribution in [3.8, 4) is 0 Å². The molecule has 6 heteroatoms. The summed E-state index contributed by atoms with van der Waals surface area (Å²) in [5.74, 6) is 1.04. The maximum atomic E-state index is 11.5. The van der Waals surface area contributed by atoms with E-state index in [4.69, 9.17) is 0 Å². The lowest BCUT2D eigenvalue weighted by molar-refractivity contribution is 0.318. The van der Waals surface area contributed by atoms with E-state index in [9.17, 15) is 8.42 Å². The molecular formula is C17H35N3O2S. The van der Waals surface area contributed by atoms with Gasteiger partial charge in [-0.25, -0.2) is 8.42 Å². The maximum Gasteiger partial charge on any atom is 0.191 e. The van der Waals surface area contributed by atoms with Crippen LogP contribution in [0.15, 0.2) is 4.99 Å². The van der Waals surface area contributed by atoms with Gasteiger partial charge in [-0.05, 0) is 24.7 Å². The van der Waals surface area contributed by atoms with Crippen LogP contribution in [0.3, 0.4) is 0 Å². The molecule has 0 aromatic rings. The first kappa shape index (κ1) is 20.3. The third-order valence-electron chi connectivity index (χ3n) is 4.57. The minimum Gasteiger partial charge on any atom is -0.356 e.